The molecule has 20 heavy (non-hydrogen) atoms. The van der Waals surface area contributed by atoms with E-state index in [1.54, 1.807) is 0 Å². The topological polar surface area (TPSA) is 0 Å². The number of halogens is 4. The molecule has 0 N–H and O–H groups in total. The zero-order valence-electron chi connectivity index (χ0n) is 11.4. The molecule has 0 nitrogen and oxygen atoms in total. The van der Waals surface area contributed by atoms with E-state index in [0.29, 0.717) is 5.92 Å². The Bertz CT molecular complexity index is 515. The molecular weight excluding hydrogens is 268 g/mol. The lowest BCUT2D eigenvalue weighted by Crippen LogP contribution is -2.31. The van der Waals surface area contributed by atoms with E-state index in [9.17, 15) is 17.6 Å². The molecule has 0 radical (unpaired) electrons. The summed E-state index contributed by atoms with van der Waals surface area (Å²) in [5.41, 5.74) is -0.418. The minimum Gasteiger partial charge on any atom is -0.204 e. The molecular formula is C16H18F4. The molecule has 1 saturated carbocycles. The highest BCUT2D eigenvalue weighted by atomic mass is 19.3. The smallest absolute Gasteiger partial charge is 0.204 e. The van der Waals surface area contributed by atoms with Crippen LogP contribution in [0.4, 0.5) is 17.6 Å². The largest absolute Gasteiger partial charge is 0.279 e. The summed E-state index contributed by atoms with van der Waals surface area (Å²) in [4.78, 5) is 0. The summed E-state index contributed by atoms with van der Waals surface area (Å²) in [6.07, 6.45) is 3.59. The normalized spacial score (nSPS) is 32.1. The fraction of sp³-hybridized carbons (Fsp3) is 0.625. The van der Waals surface area contributed by atoms with Crippen molar-refractivity contribution in [2.45, 2.75) is 45.0 Å². The lowest BCUT2D eigenvalue weighted by atomic mass is 9.74. The molecule has 1 aromatic rings. The van der Waals surface area contributed by atoms with Crippen LogP contribution in [0.25, 0.3) is 0 Å². The Balaban J connectivity index is 1.92. The summed E-state index contributed by atoms with van der Waals surface area (Å²) in [6.45, 7) is 2.13. The van der Waals surface area contributed by atoms with Gasteiger partial charge in [0.2, 0.25) is 0 Å². The first-order valence-electron chi connectivity index (χ1n) is 7.26. The third-order valence-corrected chi connectivity index (χ3v) is 5.05. The monoisotopic (exact) mass is 286 g/mol. The SMILES string of the molecule is CC1CCC([C@@H]2Cc3ccc(F)c(F)c3C2(F)F)CC1. The van der Waals surface area contributed by atoms with Gasteiger partial charge in [-0.1, -0.05) is 25.8 Å². The van der Waals surface area contributed by atoms with Gasteiger partial charge in [-0.25, -0.2) is 17.6 Å². The van der Waals surface area contributed by atoms with Gasteiger partial charge in [0.1, 0.15) is 0 Å². The van der Waals surface area contributed by atoms with Crippen molar-refractivity contribution in [2.75, 3.05) is 0 Å². The summed E-state index contributed by atoms with van der Waals surface area (Å²) in [5.74, 6) is -6.16. The minimum absolute atomic E-state index is 0.0870. The lowest BCUT2D eigenvalue weighted by Gasteiger charge is -2.33. The Labute approximate surface area is 116 Å². The van der Waals surface area contributed by atoms with E-state index in [1.807, 2.05) is 0 Å². The molecule has 4 heteroatoms. The molecule has 1 atom stereocenters. The summed E-state index contributed by atoms with van der Waals surface area (Å²) >= 11 is 0. The van der Waals surface area contributed by atoms with E-state index >= 15 is 0 Å². The standard InChI is InChI=1S/C16H18F4/c1-9-2-4-10(5-3-9)12-8-11-6-7-13(17)15(18)14(11)16(12,19)20/h6-7,9-10,12H,2-5,8H2,1H3/t9?,10?,12-/m0/s1. The Kier molecular flexibility index (Phi) is 3.30. The highest BCUT2D eigenvalue weighted by Crippen LogP contribution is 2.53. The van der Waals surface area contributed by atoms with Gasteiger partial charge >= 0.3 is 0 Å². The van der Waals surface area contributed by atoms with Crippen LogP contribution in [0.3, 0.4) is 0 Å². The summed E-state index contributed by atoms with van der Waals surface area (Å²) in [7, 11) is 0. The van der Waals surface area contributed by atoms with Gasteiger partial charge < -0.3 is 0 Å². The first kappa shape index (κ1) is 13.9. The fourth-order valence-corrected chi connectivity index (χ4v) is 3.82. The van der Waals surface area contributed by atoms with Gasteiger partial charge in [0.05, 0.1) is 5.56 Å². The van der Waals surface area contributed by atoms with Crippen molar-refractivity contribution in [1.82, 2.24) is 0 Å². The van der Waals surface area contributed by atoms with Crippen molar-refractivity contribution in [2.24, 2.45) is 17.8 Å². The van der Waals surface area contributed by atoms with Crippen LogP contribution in [0.1, 0.15) is 43.7 Å². The molecule has 0 aromatic heterocycles. The Morgan fingerprint density at radius 3 is 2.35 bits per heavy atom. The van der Waals surface area contributed by atoms with E-state index < -0.39 is 29.0 Å². The van der Waals surface area contributed by atoms with Crippen molar-refractivity contribution >= 4 is 0 Å². The molecule has 0 saturated heterocycles. The number of rotatable bonds is 1. The highest BCUT2D eigenvalue weighted by Gasteiger charge is 2.53. The molecule has 2 aliphatic rings. The zero-order chi connectivity index (χ0) is 14.5. The molecule has 110 valence electrons. The molecule has 0 bridgehead atoms. The molecule has 0 unspecified atom stereocenters. The number of benzene rings is 1. The third kappa shape index (κ3) is 2.04. The molecule has 0 amide bonds. The lowest BCUT2D eigenvalue weighted by molar-refractivity contribution is -0.0839. The van der Waals surface area contributed by atoms with Gasteiger partial charge in [0.25, 0.3) is 5.92 Å². The Morgan fingerprint density at radius 1 is 1.05 bits per heavy atom. The maximum absolute atomic E-state index is 14.5. The average Bonchev–Trinajstić information content (AvgIpc) is 2.67. The van der Waals surface area contributed by atoms with Gasteiger partial charge in [0.15, 0.2) is 11.6 Å². The van der Waals surface area contributed by atoms with Gasteiger partial charge in [-0.2, -0.15) is 0 Å². The second-order valence-corrected chi connectivity index (χ2v) is 6.35. The van der Waals surface area contributed by atoms with Crippen LogP contribution < -0.4 is 0 Å². The maximum atomic E-state index is 14.5. The Morgan fingerprint density at radius 2 is 1.70 bits per heavy atom. The summed E-state index contributed by atoms with van der Waals surface area (Å²) in [5, 5.41) is 0. The van der Waals surface area contributed by atoms with Crippen LogP contribution in [0, 0.1) is 29.4 Å². The first-order chi connectivity index (χ1) is 9.41. The average molecular weight is 286 g/mol. The molecule has 1 fully saturated rings. The van der Waals surface area contributed by atoms with E-state index in [4.69, 9.17) is 0 Å². The van der Waals surface area contributed by atoms with Crippen LogP contribution in [0.2, 0.25) is 0 Å². The number of alkyl halides is 2. The van der Waals surface area contributed by atoms with E-state index in [1.165, 1.54) is 6.07 Å². The van der Waals surface area contributed by atoms with Gasteiger partial charge in [0, 0.05) is 5.92 Å². The van der Waals surface area contributed by atoms with Crippen molar-refractivity contribution < 1.29 is 17.6 Å². The quantitative estimate of drug-likeness (QED) is 0.633. The summed E-state index contributed by atoms with van der Waals surface area (Å²) in [6, 6.07) is 2.27. The molecule has 3 rings (SSSR count). The van der Waals surface area contributed by atoms with Gasteiger partial charge in [-0.3, -0.25) is 0 Å². The molecule has 2 aliphatic carbocycles. The highest BCUT2D eigenvalue weighted by molar-refractivity contribution is 5.39. The second kappa shape index (κ2) is 4.74. The van der Waals surface area contributed by atoms with Gasteiger partial charge in [-0.15, -0.1) is 0 Å². The predicted octanol–water partition coefficient (Wildman–Crippen LogP) is 5.06. The molecule has 0 aliphatic heterocycles. The van der Waals surface area contributed by atoms with Crippen LogP contribution in [0.15, 0.2) is 12.1 Å². The van der Waals surface area contributed by atoms with Crippen LogP contribution in [-0.4, -0.2) is 0 Å². The molecule has 0 spiro atoms. The van der Waals surface area contributed by atoms with Crippen LogP contribution >= 0.6 is 0 Å². The number of fused-ring (bicyclic) bond motifs is 1. The van der Waals surface area contributed by atoms with Gasteiger partial charge in [-0.05, 0) is 42.7 Å². The van der Waals surface area contributed by atoms with Crippen molar-refractivity contribution in [3.63, 3.8) is 0 Å². The number of hydrogen-bond acceptors (Lipinski definition) is 0. The van der Waals surface area contributed by atoms with E-state index in [2.05, 4.69) is 6.92 Å². The maximum Gasteiger partial charge on any atom is 0.279 e. The third-order valence-electron chi connectivity index (χ3n) is 5.05. The molecule has 0 heterocycles. The first-order valence-corrected chi connectivity index (χ1v) is 7.26. The van der Waals surface area contributed by atoms with Crippen molar-refractivity contribution in [3.05, 3.63) is 34.9 Å². The van der Waals surface area contributed by atoms with E-state index in [-0.39, 0.29) is 17.9 Å². The summed E-state index contributed by atoms with van der Waals surface area (Å²) < 4.78 is 56.0. The zero-order valence-corrected chi connectivity index (χ0v) is 11.4. The number of hydrogen-bond donors (Lipinski definition) is 0. The van der Waals surface area contributed by atoms with Crippen molar-refractivity contribution in [1.29, 1.82) is 0 Å². The van der Waals surface area contributed by atoms with Crippen molar-refractivity contribution in [3.8, 4) is 0 Å². The van der Waals surface area contributed by atoms with Crippen LogP contribution in [-0.2, 0) is 12.3 Å². The fourth-order valence-electron chi connectivity index (χ4n) is 3.82. The predicted molar refractivity (Wildman–Crippen MR) is 68.6 cm³/mol. The van der Waals surface area contributed by atoms with Crippen LogP contribution in [0.5, 0.6) is 0 Å². The molecule has 1 aromatic carbocycles. The Hall–Kier alpha value is -1.06. The van der Waals surface area contributed by atoms with E-state index in [0.717, 1.165) is 31.7 Å². The minimum atomic E-state index is -3.24. The second-order valence-electron chi connectivity index (χ2n) is 6.35.